The molecule has 0 unspecified atom stereocenters. The van der Waals surface area contributed by atoms with E-state index in [0.717, 1.165) is 0 Å². The zero-order valence-corrected chi connectivity index (χ0v) is 25.4. The number of aliphatic hydroxyl groups is 2. The maximum atomic E-state index is 13.1. The SMILES string of the molecule is C[C@H](N)C(=O)N1CCC[C@H]1C(=O)NCC(=O)N1CCC[C@H]1C(=O)N[C@@H](CO)C(=O)N[C@@H](CCCCN)C(=O)N[C@@H](CO)C(=O)O. The number of hydrogen-bond donors (Lipinski definition) is 9. The van der Waals surface area contributed by atoms with Gasteiger partial charge in [0.25, 0.3) is 0 Å². The van der Waals surface area contributed by atoms with Gasteiger partial charge in [0.1, 0.15) is 30.2 Å². The van der Waals surface area contributed by atoms with Crippen LogP contribution in [0.5, 0.6) is 0 Å². The number of aliphatic hydroxyl groups excluding tert-OH is 2. The highest BCUT2D eigenvalue weighted by Crippen LogP contribution is 2.20. The molecule has 2 aliphatic rings. The van der Waals surface area contributed by atoms with E-state index in [2.05, 4.69) is 21.3 Å². The monoisotopic (exact) mass is 642 g/mol. The average molecular weight is 643 g/mol. The lowest BCUT2D eigenvalue weighted by Gasteiger charge is -2.28. The molecule has 0 aliphatic carbocycles. The highest BCUT2D eigenvalue weighted by Gasteiger charge is 2.38. The van der Waals surface area contributed by atoms with Crippen LogP contribution in [0.4, 0.5) is 0 Å². The van der Waals surface area contributed by atoms with Gasteiger partial charge in [-0.3, -0.25) is 28.8 Å². The number of nitrogens with one attached hydrogen (secondary N) is 4. The van der Waals surface area contributed by atoms with Crippen molar-refractivity contribution in [3.63, 3.8) is 0 Å². The van der Waals surface area contributed by atoms with Crippen molar-refractivity contribution in [2.75, 3.05) is 39.4 Å². The summed E-state index contributed by atoms with van der Waals surface area (Å²) >= 11 is 0. The van der Waals surface area contributed by atoms with Crippen LogP contribution < -0.4 is 32.7 Å². The molecule has 0 aromatic rings. The van der Waals surface area contributed by atoms with Crippen molar-refractivity contribution in [3.8, 4) is 0 Å². The van der Waals surface area contributed by atoms with Crippen molar-refractivity contribution in [3.05, 3.63) is 0 Å². The molecule has 0 aromatic heterocycles. The summed E-state index contributed by atoms with van der Waals surface area (Å²) in [7, 11) is 0. The summed E-state index contributed by atoms with van der Waals surface area (Å²) in [6, 6.07) is -6.89. The first-order valence-corrected chi connectivity index (χ1v) is 15.0. The first kappa shape index (κ1) is 37.3. The fourth-order valence-electron chi connectivity index (χ4n) is 5.24. The number of nitrogens with zero attached hydrogens (tertiary/aromatic N) is 2. The Morgan fingerprint density at radius 3 is 1.91 bits per heavy atom. The first-order chi connectivity index (χ1) is 21.4. The molecule has 0 radical (unpaired) electrons. The van der Waals surface area contributed by atoms with Gasteiger partial charge in [0.05, 0.1) is 25.8 Å². The molecule has 45 heavy (non-hydrogen) atoms. The van der Waals surface area contributed by atoms with E-state index < -0.39 is 91.5 Å². The Balaban J connectivity index is 2.00. The van der Waals surface area contributed by atoms with Crippen LogP contribution in [0.25, 0.3) is 0 Å². The average Bonchev–Trinajstić information content (AvgIpc) is 3.70. The summed E-state index contributed by atoms with van der Waals surface area (Å²) in [6.45, 7) is 0.263. The molecule has 0 saturated carbocycles. The highest BCUT2D eigenvalue weighted by atomic mass is 16.4. The largest absolute Gasteiger partial charge is 0.480 e. The molecule has 11 N–H and O–H groups in total. The number of likely N-dealkylation sites (tertiary alicyclic amines) is 2. The molecule has 2 aliphatic heterocycles. The van der Waals surface area contributed by atoms with Gasteiger partial charge in [-0.2, -0.15) is 0 Å². The number of unbranched alkanes of at least 4 members (excludes halogenated alkanes) is 1. The molecule has 254 valence electrons. The lowest BCUT2D eigenvalue weighted by atomic mass is 10.1. The summed E-state index contributed by atoms with van der Waals surface area (Å²) in [4.78, 5) is 90.7. The third-order valence-electron chi connectivity index (χ3n) is 7.71. The lowest BCUT2D eigenvalue weighted by Crippen LogP contribution is -2.59. The number of hydrogen-bond acceptors (Lipinski definition) is 11. The van der Waals surface area contributed by atoms with Crippen molar-refractivity contribution in [2.45, 2.75) is 88.1 Å². The van der Waals surface area contributed by atoms with E-state index in [1.54, 1.807) is 0 Å². The van der Waals surface area contributed by atoms with Gasteiger partial charge in [0.2, 0.25) is 35.4 Å². The van der Waals surface area contributed by atoms with Crippen LogP contribution >= 0.6 is 0 Å². The predicted molar refractivity (Wildman–Crippen MR) is 157 cm³/mol. The Bertz CT molecular complexity index is 1090. The maximum Gasteiger partial charge on any atom is 0.328 e. The number of aliphatic carboxylic acids is 1. The van der Waals surface area contributed by atoms with E-state index in [0.29, 0.717) is 45.2 Å². The summed E-state index contributed by atoms with van der Waals surface area (Å²) in [5.74, 6) is -5.46. The Morgan fingerprint density at radius 1 is 0.800 bits per heavy atom. The molecule has 0 bridgehead atoms. The Morgan fingerprint density at radius 2 is 1.36 bits per heavy atom. The standard InChI is InChI=1S/C27H46N8O10/c1-15(29)26(43)35-11-5-7-19(35)24(41)30-12-21(38)34-10-4-8-20(34)25(42)32-17(13-36)23(40)31-16(6-2-3-9-28)22(39)33-18(14-37)27(44)45/h15-20,36-37H,2-14,28-29H2,1H3,(H,30,41)(H,31,40)(H,32,42)(H,33,39)(H,44,45)/t15-,16-,17-,18-,19-,20-/m0/s1. The molecular formula is C27H46N8O10. The van der Waals surface area contributed by atoms with Crippen molar-refractivity contribution < 1.29 is 48.9 Å². The molecule has 2 heterocycles. The van der Waals surface area contributed by atoms with Crippen LogP contribution in [-0.4, -0.2) is 142 Å². The number of nitrogens with two attached hydrogens (primary N) is 2. The van der Waals surface area contributed by atoms with E-state index in [1.165, 1.54) is 16.7 Å². The van der Waals surface area contributed by atoms with Crippen LogP contribution in [0.3, 0.4) is 0 Å². The van der Waals surface area contributed by atoms with Gasteiger partial charge in [0, 0.05) is 13.1 Å². The molecule has 2 saturated heterocycles. The zero-order chi connectivity index (χ0) is 33.7. The van der Waals surface area contributed by atoms with Gasteiger partial charge >= 0.3 is 5.97 Å². The maximum absolute atomic E-state index is 13.1. The molecule has 18 nitrogen and oxygen atoms in total. The van der Waals surface area contributed by atoms with Crippen molar-refractivity contribution in [1.82, 2.24) is 31.1 Å². The third-order valence-corrected chi connectivity index (χ3v) is 7.71. The van der Waals surface area contributed by atoms with Gasteiger partial charge in [-0.25, -0.2) is 4.79 Å². The van der Waals surface area contributed by atoms with Gasteiger partial charge in [-0.1, -0.05) is 0 Å². The minimum Gasteiger partial charge on any atom is -0.480 e. The second-order valence-electron chi connectivity index (χ2n) is 11.1. The summed E-state index contributed by atoms with van der Waals surface area (Å²) in [5, 5.41) is 37.7. The van der Waals surface area contributed by atoms with Gasteiger partial charge in [-0.15, -0.1) is 0 Å². The number of carboxylic acids is 1. The molecule has 18 heteroatoms. The van der Waals surface area contributed by atoms with E-state index in [4.69, 9.17) is 16.6 Å². The zero-order valence-electron chi connectivity index (χ0n) is 25.4. The minimum atomic E-state index is -1.61. The molecule has 2 rings (SSSR count). The normalized spacial score (nSPS) is 20.5. The second kappa shape index (κ2) is 18.2. The molecule has 6 atom stereocenters. The van der Waals surface area contributed by atoms with Gasteiger partial charge < -0.3 is 57.9 Å². The molecule has 0 spiro atoms. The van der Waals surface area contributed by atoms with Crippen LogP contribution in [0.1, 0.15) is 51.9 Å². The van der Waals surface area contributed by atoms with Crippen molar-refractivity contribution >= 4 is 41.4 Å². The van der Waals surface area contributed by atoms with Crippen LogP contribution in [0, 0.1) is 0 Å². The Hall–Kier alpha value is -3.87. The molecular weight excluding hydrogens is 596 g/mol. The molecule has 6 amide bonds. The minimum absolute atomic E-state index is 0.0628. The number of rotatable bonds is 17. The molecule has 0 aromatic carbocycles. The fourth-order valence-corrected chi connectivity index (χ4v) is 5.24. The van der Waals surface area contributed by atoms with E-state index in [1.807, 2.05) is 0 Å². The number of carbonyl (C=O) groups excluding carboxylic acids is 6. The second-order valence-corrected chi connectivity index (χ2v) is 11.1. The molecule has 2 fully saturated rings. The summed E-state index contributed by atoms with van der Waals surface area (Å²) in [6.07, 6.45) is 2.71. The van der Waals surface area contributed by atoms with Gasteiger partial charge in [-0.05, 0) is 58.4 Å². The highest BCUT2D eigenvalue weighted by molar-refractivity contribution is 5.96. The van der Waals surface area contributed by atoms with Crippen LogP contribution in [-0.2, 0) is 33.6 Å². The summed E-state index contributed by atoms with van der Waals surface area (Å²) < 4.78 is 0. The van der Waals surface area contributed by atoms with Crippen LogP contribution in [0.15, 0.2) is 0 Å². The lowest BCUT2D eigenvalue weighted by molar-refractivity contribution is -0.143. The van der Waals surface area contributed by atoms with Crippen molar-refractivity contribution in [2.24, 2.45) is 11.5 Å². The van der Waals surface area contributed by atoms with E-state index in [9.17, 15) is 43.8 Å². The number of carbonyl (C=O) groups is 7. The first-order valence-electron chi connectivity index (χ1n) is 15.0. The Labute approximate surface area is 260 Å². The van der Waals surface area contributed by atoms with Crippen molar-refractivity contribution in [1.29, 1.82) is 0 Å². The van der Waals surface area contributed by atoms with Gasteiger partial charge in [0.15, 0.2) is 0 Å². The number of carboxylic acid groups (broad SMARTS) is 1. The fraction of sp³-hybridized carbons (Fsp3) is 0.741. The van der Waals surface area contributed by atoms with E-state index in [-0.39, 0.29) is 25.3 Å². The summed E-state index contributed by atoms with van der Waals surface area (Å²) in [5.41, 5.74) is 11.2. The quantitative estimate of drug-likeness (QED) is 0.0675. The van der Waals surface area contributed by atoms with E-state index >= 15 is 0 Å². The smallest absolute Gasteiger partial charge is 0.328 e. The number of amides is 6. The predicted octanol–water partition coefficient (Wildman–Crippen LogP) is -4.92. The van der Waals surface area contributed by atoms with Crippen LogP contribution in [0.2, 0.25) is 0 Å². The third kappa shape index (κ3) is 10.6. The Kier molecular flexibility index (Phi) is 15.1. The topological polar surface area (TPSA) is 287 Å².